The van der Waals surface area contributed by atoms with Crippen molar-refractivity contribution in [2.45, 2.75) is 58.7 Å². The van der Waals surface area contributed by atoms with Gasteiger partial charge in [-0.05, 0) is 67.1 Å². The molecule has 0 aliphatic carbocycles. The molecule has 36 heavy (non-hydrogen) atoms. The molecular weight excluding hydrogens is 497 g/mol. The number of rotatable bonds is 7. The van der Waals surface area contributed by atoms with E-state index in [0.717, 1.165) is 47.8 Å². The van der Waals surface area contributed by atoms with Crippen LogP contribution in [0, 0.1) is 5.92 Å². The molecule has 1 aliphatic heterocycles. The normalized spacial score (nSPS) is 13.4. The first-order valence-corrected chi connectivity index (χ1v) is 12.0. The van der Waals surface area contributed by atoms with Crippen molar-refractivity contribution in [3.63, 3.8) is 0 Å². The molecule has 0 fully saturated rings. The predicted octanol–water partition coefficient (Wildman–Crippen LogP) is 5.67. The van der Waals surface area contributed by atoms with Gasteiger partial charge in [-0.25, -0.2) is 0 Å². The summed E-state index contributed by atoms with van der Waals surface area (Å²) >= 11 is 6.44. The third kappa shape index (κ3) is 11.2. The van der Waals surface area contributed by atoms with Crippen molar-refractivity contribution in [1.29, 1.82) is 0 Å². The van der Waals surface area contributed by atoms with Crippen LogP contribution in [-0.2, 0) is 40.2 Å². The van der Waals surface area contributed by atoms with Crippen molar-refractivity contribution < 1.29 is 32.7 Å². The zero-order chi connectivity index (χ0) is 27.1. The monoisotopic (exact) mass is 528 g/mol. The summed E-state index contributed by atoms with van der Waals surface area (Å²) in [6.07, 6.45) is -1.17. The molecule has 0 spiro atoms. The van der Waals surface area contributed by atoms with Gasteiger partial charge in [0.05, 0.1) is 16.6 Å². The minimum absolute atomic E-state index is 0.112. The van der Waals surface area contributed by atoms with Gasteiger partial charge in [-0.1, -0.05) is 55.8 Å². The van der Waals surface area contributed by atoms with Gasteiger partial charge < -0.3 is 15.7 Å². The molecule has 0 saturated heterocycles. The van der Waals surface area contributed by atoms with Crippen LogP contribution in [0.15, 0.2) is 36.4 Å². The number of carboxylic acid groups (broad SMARTS) is 1. The number of nitrogens with one attached hydrogen (secondary N) is 2. The number of hydrogen-bond donors (Lipinski definition) is 3. The van der Waals surface area contributed by atoms with Gasteiger partial charge in [0, 0.05) is 13.0 Å². The van der Waals surface area contributed by atoms with Gasteiger partial charge in [0.1, 0.15) is 0 Å². The highest BCUT2D eigenvalue weighted by Crippen LogP contribution is 2.31. The Morgan fingerprint density at radius 2 is 1.67 bits per heavy atom. The largest absolute Gasteiger partial charge is 0.481 e. The maximum absolute atomic E-state index is 12.6. The lowest BCUT2D eigenvalue weighted by molar-refractivity contribution is -0.191. The topological polar surface area (TPSA) is 95.5 Å². The first kappa shape index (κ1) is 31.2. The number of aliphatic carboxylic acids is 1. The lowest BCUT2D eigenvalue weighted by Gasteiger charge is -2.17. The van der Waals surface area contributed by atoms with Crippen molar-refractivity contribution in [3.05, 3.63) is 63.7 Å². The van der Waals surface area contributed by atoms with E-state index < -0.39 is 18.1 Å². The third-order valence-corrected chi connectivity index (χ3v) is 6.02. The predicted molar refractivity (Wildman–Crippen MR) is 132 cm³/mol. The summed E-state index contributed by atoms with van der Waals surface area (Å²) in [6.45, 7) is 5.38. The number of fused-ring (bicyclic) bond motifs is 1. The second-order valence-corrected chi connectivity index (χ2v) is 8.70. The fourth-order valence-electron chi connectivity index (χ4n) is 3.50. The van der Waals surface area contributed by atoms with Crippen LogP contribution in [0.5, 0.6) is 0 Å². The molecule has 1 unspecified atom stereocenters. The van der Waals surface area contributed by atoms with Gasteiger partial charge >= 0.3 is 18.3 Å². The molecule has 1 heterocycles. The van der Waals surface area contributed by atoms with Crippen LogP contribution in [0.1, 0.15) is 48.9 Å². The molecule has 10 heteroatoms. The number of carbonyl (C=O) groups is 1. The Labute approximate surface area is 214 Å². The van der Waals surface area contributed by atoms with Crippen LogP contribution >= 0.6 is 11.6 Å². The number of hydrogen-bond acceptors (Lipinski definition) is 5. The van der Waals surface area contributed by atoms with Gasteiger partial charge in [-0.3, -0.25) is 4.79 Å². The maximum atomic E-state index is 12.6. The second kappa shape index (κ2) is 16.0. The van der Waals surface area contributed by atoms with Crippen molar-refractivity contribution >= 4 is 29.4 Å². The summed E-state index contributed by atoms with van der Waals surface area (Å²) < 4.78 is 37.9. The SMILES string of the molecule is CC(CCc1ccc(CNc2c(Cl)ccc3c2CCNCC3)cc1)C(F)(F)F.CCC(=O)O.O=C=O. The molecule has 1 aliphatic rings. The van der Waals surface area contributed by atoms with E-state index in [-0.39, 0.29) is 19.0 Å². The van der Waals surface area contributed by atoms with Crippen LogP contribution in [0.2, 0.25) is 5.02 Å². The maximum Gasteiger partial charge on any atom is 0.391 e. The standard InChI is InChI=1S/C22H26ClF3N2.C3H6O2.CO2/c1-15(22(24,25)26)2-3-16-4-6-17(7-5-16)14-28-21-19-11-13-27-12-10-18(19)8-9-20(21)23;1-2-3(4)5;2-1-3/h4-9,15,27-28H,2-3,10-14H2,1H3;2H2,1H3,(H,4,5);. The molecule has 0 saturated carbocycles. The summed E-state index contributed by atoms with van der Waals surface area (Å²) in [4.78, 5) is 25.6. The Hall–Kier alpha value is -2.87. The summed E-state index contributed by atoms with van der Waals surface area (Å²) in [5.74, 6) is -2.02. The van der Waals surface area contributed by atoms with E-state index in [0.29, 0.717) is 13.0 Å². The zero-order valence-corrected chi connectivity index (χ0v) is 21.1. The van der Waals surface area contributed by atoms with E-state index in [4.69, 9.17) is 26.3 Å². The van der Waals surface area contributed by atoms with Gasteiger partial charge in [0.25, 0.3) is 0 Å². The summed E-state index contributed by atoms with van der Waals surface area (Å²) in [5.41, 5.74) is 5.60. The average molecular weight is 529 g/mol. The Bertz CT molecular complexity index is 992. The molecule has 1 atom stereocenters. The number of aryl methyl sites for hydroxylation is 1. The average Bonchev–Trinajstić information content (AvgIpc) is 3.08. The smallest absolute Gasteiger partial charge is 0.391 e. The van der Waals surface area contributed by atoms with Gasteiger partial charge in [-0.2, -0.15) is 22.8 Å². The Balaban J connectivity index is 0.000000709. The summed E-state index contributed by atoms with van der Waals surface area (Å²) in [5, 5.41) is 15.3. The van der Waals surface area contributed by atoms with E-state index in [1.165, 1.54) is 18.1 Å². The molecule has 0 bridgehead atoms. The van der Waals surface area contributed by atoms with E-state index in [2.05, 4.69) is 16.7 Å². The van der Waals surface area contributed by atoms with Gasteiger partial charge in [-0.15, -0.1) is 0 Å². The molecule has 0 aromatic heterocycles. The molecule has 3 rings (SSSR count). The second-order valence-electron chi connectivity index (χ2n) is 8.29. The van der Waals surface area contributed by atoms with Crippen molar-refractivity contribution in [1.82, 2.24) is 5.32 Å². The van der Waals surface area contributed by atoms with Crippen LogP contribution < -0.4 is 10.6 Å². The Morgan fingerprint density at radius 3 is 2.22 bits per heavy atom. The number of halogens is 4. The summed E-state index contributed by atoms with van der Waals surface area (Å²) in [6, 6.07) is 11.8. The van der Waals surface area contributed by atoms with E-state index in [9.17, 15) is 18.0 Å². The molecule has 198 valence electrons. The number of benzene rings is 2. The van der Waals surface area contributed by atoms with Gasteiger partial charge in [0.15, 0.2) is 0 Å². The van der Waals surface area contributed by atoms with Gasteiger partial charge in [0.2, 0.25) is 0 Å². The lowest BCUT2D eigenvalue weighted by atomic mass is 9.99. The fraction of sp³-hybridized carbons (Fsp3) is 0.462. The Kier molecular flexibility index (Phi) is 13.8. The molecule has 3 N–H and O–H groups in total. The van der Waals surface area contributed by atoms with E-state index in [1.54, 1.807) is 6.92 Å². The van der Waals surface area contributed by atoms with Crippen molar-refractivity contribution in [2.75, 3.05) is 18.4 Å². The highest BCUT2D eigenvalue weighted by atomic mass is 35.5. The van der Waals surface area contributed by atoms with E-state index in [1.807, 2.05) is 30.3 Å². The fourth-order valence-corrected chi connectivity index (χ4v) is 3.74. The number of anilines is 1. The van der Waals surface area contributed by atoms with Crippen LogP contribution in [0.3, 0.4) is 0 Å². The van der Waals surface area contributed by atoms with Crippen molar-refractivity contribution in [3.8, 4) is 0 Å². The zero-order valence-electron chi connectivity index (χ0n) is 20.4. The van der Waals surface area contributed by atoms with Crippen LogP contribution in [0.4, 0.5) is 18.9 Å². The minimum atomic E-state index is -4.12. The third-order valence-electron chi connectivity index (χ3n) is 5.70. The quantitative estimate of drug-likeness (QED) is 0.428. The molecule has 0 amide bonds. The number of carboxylic acids is 1. The lowest BCUT2D eigenvalue weighted by Crippen LogP contribution is -2.20. The van der Waals surface area contributed by atoms with Crippen LogP contribution in [0.25, 0.3) is 0 Å². The number of carbonyl (C=O) groups excluding carboxylic acids is 2. The number of alkyl halides is 3. The molecule has 6 nitrogen and oxygen atoms in total. The first-order valence-electron chi connectivity index (χ1n) is 11.6. The molecule has 2 aromatic carbocycles. The first-order chi connectivity index (χ1) is 17.0. The van der Waals surface area contributed by atoms with Crippen molar-refractivity contribution in [2.24, 2.45) is 5.92 Å². The molecule has 0 radical (unpaired) electrons. The van der Waals surface area contributed by atoms with Crippen LogP contribution in [-0.4, -0.2) is 36.5 Å². The molecular formula is C26H32ClF3N2O4. The molecule has 2 aromatic rings. The highest BCUT2D eigenvalue weighted by Gasteiger charge is 2.35. The van der Waals surface area contributed by atoms with E-state index >= 15 is 0 Å². The highest BCUT2D eigenvalue weighted by molar-refractivity contribution is 6.33. The summed E-state index contributed by atoms with van der Waals surface area (Å²) in [7, 11) is 0. The minimum Gasteiger partial charge on any atom is -0.481 e. The Morgan fingerprint density at radius 1 is 1.11 bits per heavy atom.